The summed E-state index contributed by atoms with van der Waals surface area (Å²) in [5.41, 5.74) is -1.73. The van der Waals surface area contributed by atoms with Crippen LogP contribution in [0.15, 0.2) is 29.4 Å². The second-order valence-electron chi connectivity index (χ2n) is 4.65. The summed E-state index contributed by atoms with van der Waals surface area (Å²) in [4.78, 5) is 0. The number of benzene rings is 1. The fraction of sp³-hybridized carbons (Fsp3) is 0.500. The molecule has 0 aromatic heterocycles. The highest BCUT2D eigenvalue weighted by molar-refractivity contribution is 7.86. The summed E-state index contributed by atoms with van der Waals surface area (Å²) in [6, 6.07) is 5.00. The van der Waals surface area contributed by atoms with Crippen LogP contribution >= 0.6 is 0 Å². The molecule has 0 amide bonds. The van der Waals surface area contributed by atoms with Gasteiger partial charge < -0.3 is 4.74 Å². The number of hydrogen-bond donors (Lipinski definition) is 0. The first-order valence-corrected chi connectivity index (χ1v) is 8.57. The molecule has 9 heteroatoms. The highest BCUT2D eigenvalue weighted by atomic mass is 32.2. The maximum Gasteiger partial charge on any atom is 0.437 e. The number of oxime groups is 1. The molecule has 0 saturated heterocycles. The molecule has 0 atom stereocenters. The van der Waals surface area contributed by atoms with Gasteiger partial charge in [-0.25, -0.2) is 0 Å². The highest BCUT2D eigenvalue weighted by Gasteiger charge is 2.38. The van der Waals surface area contributed by atoms with Gasteiger partial charge in [-0.15, -0.1) is 0 Å². The molecule has 0 N–H and O–H groups in total. The van der Waals surface area contributed by atoms with E-state index >= 15 is 0 Å². The molecule has 23 heavy (non-hydrogen) atoms. The van der Waals surface area contributed by atoms with Crippen molar-refractivity contribution < 1.29 is 30.6 Å². The number of halogens is 3. The predicted octanol–water partition coefficient (Wildman–Crippen LogP) is 3.50. The van der Waals surface area contributed by atoms with E-state index < -0.39 is 27.8 Å². The van der Waals surface area contributed by atoms with Crippen LogP contribution in [-0.4, -0.2) is 32.7 Å². The molecule has 0 aliphatic heterocycles. The maximum absolute atomic E-state index is 13.0. The minimum absolute atomic E-state index is 0.211. The summed E-state index contributed by atoms with van der Waals surface area (Å²) in [5.74, 6) is 0.00229. The van der Waals surface area contributed by atoms with E-state index in [1.807, 2.05) is 6.92 Å². The molecule has 1 rings (SSSR count). The molecular formula is C14H18F3NO4S. The average Bonchev–Trinajstić information content (AvgIpc) is 2.45. The van der Waals surface area contributed by atoms with E-state index in [4.69, 9.17) is 4.74 Å². The zero-order valence-corrected chi connectivity index (χ0v) is 13.6. The molecule has 1 aromatic rings. The number of hydrogen-bond acceptors (Lipinski definition) is 5. The minimum atomic E-state index is -4.85. The molecule has 0 spiro atoms. The van der Waals surface area contributed by atoms with Crippen molar-refractivity contribution in [3.8, 4) is 5.75 Å². The fourth-order valence-electron chi connectivity index (χ4n) is 1.58. The van der Waals surface area contributed by atoms with E-state index in [0.717, 1.165) is 18.6 Å². The lowest BCUT2D eigenvalue weighted by molar-refractivity contribution is -0.0597. The standard InChI is InChI=1S/C14H18F3NO4S/c1-3-9-21-12-7-5-11(6-8-12)13(14(15,16)17)18-22-23(19,20)10-4-2/h5-8H,3-4,9-10H2,1-2H3/b18-13-. The minimum Gasteiger partial charge on any atom is -0.494 e. The lowest BCUT2D eigenvalue weighted by atomic mass is 10.1. The van der Waals surface area contributed by atoms with Crippen LogP contribution in [0.4, 0.5) is 13.2 Å². The predicted molar refractivity (Wildman–Crippen MR) is 80.0 cm³/mol. The van der Waals surface area contributed by atoms with Crippen LogP contribution in [0.5, 0.6) is 5.75 Å². The van der Waals surface area contributed by atoms with Gasteiger partial charge in [-0.3, -0.25) is 4.28 Å². The molecule has 0 radical (unpaired) electrons. The first kappa shape index (κ1) is 19.3. The van der Waals surface area contributed by atoms with Crippen molar-refractivity contribution in [2.75, 3.05) is 12.4 Å². The third kappa shape index (κ3) is 6.47. The van der Waals surface area contributed by atoms with E-state index in [2.05, 4.69) is 9.44 Å². The van der Waals surface area contributed by atoms with Gasteiger partial charge >= 0.3 is 16.3 Å². The molecule has 0 saturated carbocycles. The van der Waals surface area contributed by atoms with Crippen LogP contribution < -0.4 is 4.74 Å². The molecule has 0 aliphatic carbocycles. The Morgan fingerprint density at radius 1 is 1.13 bits per heavy atom. The van der Waals surface area contributed by atoms with Gasteiger partial charge in [0.15, 0.2) is 5.71 Å². The van der Waals surface area contributed by atoms with Crippen LogP contribution in [0.25, 0.3) is 0 Å². The van der Waals surface area contributed by atoms with E-state index in [0.29, 0.717) is 12.4 Å². The summed E-state index contributed by atoms with van der Waals surface area (Å²) < 4.78 is 71.2. The van der Waals surface area contributed by atoms with E-state index in [1.54, 1.807) is 6.92 Å². The van der Waals surface area contributed by atoms with Crippen LogP contribution in [0.3, 0.4) is 0 Å². The van der Waals surface area contributed by atoms with Gasteiger partial charge in [0.1, 0.15) is 5.75 Å². The van der Waals surface area contributed by atoms with Gasteiger partial charge in [0.2, 0.25) is 0 Å². The van der Waals surface area contributed by atoms with Crippen molar-refractivity contribution >= 4 is 15.8 Å². The number of nitrogens with zero attached hydrogens (tertiary/aromatic N) is 1. The highest BCUT2D eigenvalue weighted by Crippen LogP contribution is 2.24. The van der Waals surface area contributed by atoms with Crippen molar-refractivity contribution in [3.05, 3.63) is 29.8 Å². The Morgan fingerprint density at radius 2 is 1.74 bits per heavy atom. The quantitative estimate of drug-likeness (QED) is 0.530. The Labute approximate surface area is 133 Å². The number of ether oxygens (including phenoxy) is 1. The molecule has 0 bridgehead atoms. The number of alkyl halides is 3. The van der Waals surface area contributed by atoms with Gasteiger partial charge in [-0.1, -0.05) is 19.0 Å². The third-order valence-electron chi connectivity index (χ3n) is 2.57. The van der Waals surface area contributed by atoms with Gasteiger partial charge in [0.05, 0.1) is 12.4 Å². The molecule has 5 nitrogen and oxygen atoms in total. The van der Waals surface area contributed by atoms with Crippen LogP contribution in [0.2, 0.25) is 0 Å². The molecule has 0 aliphatic rings. The van der Waals surface area contributed by atoms with Crippen LogP contribution in [0.1, 0.15) is 32.3 Å². The summed E-state index contributed by atoms with van der Waals surface area (Å²) in [7, 11) is -4.13. The van der Waals surface area contributed by atoms with E-state index in [-0.39, 0.29) is 12.0 Å². The van der Waals surface area contributed by atoms with E-state index in [9.17, 15) is 21.6 Å². The number of rotatable bonds is 8. The first-order valence-electron chi connectivity index (χ1n) is 6.99. The normalized spacial score (nSPS) is 13.0. The molecule has 130 valence electrons. The average molecular weight is 353 g/mol. The van der Waals surface area contributed by atoms with Crippen LogP contribution in [0, 0.1) is 0 Å². The monoisotopic (exact) mass is 353 g/mol. The summed E-state index contributed by atoms with van der Waals surface area (Å²) in [6.45, 7) is 3.90. The Bertz CT molecular complexity index is 624. The fourth-order valence-corrected chi connectivity index (χ4v) is 2.34. The Balaban J connectivity index is 3.03. The van der Waals surface area contributed by atoms with Crippen molar-refractivity contribution in [2.24, 2.45) is 5.16 Å². The Morgan fingerprint density at radius 3 is 2.22 bits per heavy atom. The zero-order chi connectivity index (χ0) is 17.5. The van der Waals surface area contributed by atoms with Gasteiger partial charge in [0.25, 0.3) is 0 Å². The summed E-state index contributed by atoms with van der Waals surface area (Å²) in [6.07, 6.45) is -3.88. The zero-order valence-electron chi connectivity index (χ0n) is 12.8. The largest absolute Gasteiger partial charge is 0.494 e. The lowest BCUT2D eigenvalue weighted by Crippen LogP contribution is -2.25. The summed E-state index contributed by atoms with van der Waals surface area (Å²) in [5, 5.41) is 2.81. The molecular weight excluding hydrogens is 335 g/mol. The van der Waals surface area contributed by atoms with E-state index in [1.165, 1.54) is 12.1 Å². The van der Waals surface area contributed by atoms with Crippen molar-refractivity contribution in [2.45, 2.75) is 32.9 Å². The SMILES string of the molecule is CCCOc1ccc(/C(=N/OS(=O)(=O)CCC)C(F)(F)F)cc1. The topological polar surface area (TPSA) is 65.0 Å². The van der Waals surface area contributed by atoms with Crippen molar-refractivity contribution in [1.82, 2.24) is 0 Å². The van der Waals surface area contributed by atoms with Crippen molar-refractivity contribution in [1.29, 1.82) is 0 Å². The molecule has 0 unspecified atom stereocenters. The van der Waals surface area contributed by atoms with Crippen LogP contribution in [-0.2, 0) is 14.4 Å². The van der Waals surface area contributed by atoms with Gasteiger partial charge in [0, 0.05) is 5.56 Å². The molecule has 0 fully saturated rings. The third-order valence-corrected chi connectivity index (χ3v) is 3.78. The van der Waals surface area contributed by atoms with Crippen molar-refractivity contribution in [3.63, 3.8) is 0 Å². The molecule has 1 aromatic carbocycles. The smallest absolute Gasteiger partial charge is 0.437 e. The second kappa shape index (κ2) is 8.19. The Hall–Kier alpha value is -1.77. The van der Waals surface area contributed by atoms with Gasteiger partial charge in [-0.2, -0.15) is 21.6 Å². The second-order valence-corrected chi connectivity index (χ2v) is 6.32. The molecule has 0 heterocycles. The Kier molecular flexibility index (Phi) is 6.86. The first-order chi connectivity index (χ1) is 10.7. The lowest BCUT2D eigenvalue weighted by Gasteiger charge is -2.11. The summed E-state index contributed by atoms with van der Waals surface area (Å²) >= 11 is 0. The maximum atomic E-state index is 13.0. The van der Waals surface area contributed by atoms with Gasteiger partial charge in [-0.05, 0) is 37.1 Å².